The van der Waals surface area contributed by atoms with E-state index in [1.807, 2.05) is 29.2 Å². The number of amides is 5. The second-order valence-electron chi connectivity index (χ2n) is 16.5. The van der Waals surface area contributed by atoms with Gasteiger partial charge >= 0.3 is 0 Å². The van der Waals surface area contributed by atoms with Gasteiger partial charge in [-0.2, -0.15) is 5.10 Å². The number of hydrogen-bond acceptors (Lipinski definition) is 10. The van der Waals surface area contributed by atoms with Crippen molar-refractivity contribution in [3.8, 4) is 0 Å². The third kappa shape index (κ3) is 11.4. The molecule has 1 unspecified atom stereocenters. The van der Waals surface area contributed by atoms with Crippen LogP contribution in [-0.4, -0.2) is 114 Å². The van der Waals surface area contributed by atoms with E-state index in [-0.39, 0.29) is 73.5 Å². The number of halogens is 3. The summed E-state index contributed by atoms with van der Waals surface area (Å²) in [5, 5.41) is 19.4. The van der Waals surface area contributed by atoms with Crippen LogP contribution >= 0.6 is 0 Å². The van der Waals surface area contributed by atoms with Gasteiger partial charge in [-0.15, -0.1) is 0 Å². The number of aromatic nitrogens is 2. The molecular formula is C47H50F3N9O6. The number of benzene rings is 4. The molecule has 0 radical (unpaired) electrons. The van der Waals surface area contributed by atoms with Gasteiger partial charge in [0.1, 0.15) is 23.5 Å². The highest BCUT2D eigenvalue weighted by Crippen LogP contribution is 2.28. The van der Waals surface area contributed by atoms with Crippen LogP contribution < -0.4 is 26.2 Å². The standard InChI is InChI=1S/C47H50F3N9O6/c48-31-2-7-37(46(63)54-45-38-26-29(1-8-39(38)55-56-45)23-30-24-32(49)27-33(50)25-30)41(28-31)52-35-11-15-58(16-12-35)43(61)13-21-65-22-14-44(62)59-19-17-57(18-20-59)36-5-3-34(4-6-36)51-40-9-10-42(60)53-47(40)64/h1-8,24-28,35,40,51-52H,9-23H2,(H,53,60,64)(H2,54,55,56,63). The van der Waals surface area contributed by atoms with E-state index >= 15 is 0 Å². The van der Waals surface area contributed by atoms with Crippen molar-refractivity contribution in [1.29, 1.82) is 0 Å². The molecule has 8 rings (SSSR count). The van der Waals surface area contributed by atoms with Crippen molar-refractivity contribution in [1.82, 2.24) is 25.3 Å². The topological polar surface area (TPSA) is 181 Å². The van der Waals surface area contributed by atoms with Gasteiger partial charge in [-0.25, -0.2) is 13.2 Å². The van der Waals surface area contributed by atoms with Gasteiger partial charge < -0.3 is 35.4 Å². The fourth-order valence-electron chi connectivity index (χ4n) is 8.47. The number of likely N-dealkylation sites (tertiary alicyclic amines) is 1. The zero-order valence-electron chi connectivity index (χ0n) is 35.6. The van der Waals surface area contributed by atoms with Gasteiger partial charge in [-0.05, 0) is 104 Å². The predicted octanol–water partition coefficient (Wildman–Crippen LogP) is 5.59. The van der Waals surface area contributed by atoms with Crippen LogP contribution in [0.1, 0.15) is 60.0 Å². The summed E-state index contributed by atoms with van der Waals surface area (Å²) in [6.07, 6.45) is 2.54. The minimum Gasteiger partial charge on any atom is -0.381 e. The highest BCUT2D eigenvalue weighted by atomic mass is 19.1. The number of piperidine rings is 2. The summed E-state index contributed by atoms with van der Waals surface area (Å²) in [5.74, 6) is -2.77. The lowest BCUT2D eigenvalue weighted by atomic mass is 10.0. The molecule has 3 fully saturated rings. The summed E-state index contributed by atoms with van der Waals surface area (Å²) in [6.45, 7) is 3.81. The molecule has 18 heteroatoms. The van der Waals surface area contributed by atoms with Gasteiger partial charge in [0.15, 0.2) is 5.82 Å². The zero-order valence-corrected chi connectivity index (χ0v) is 35.6. The van der Waals surface area contributed by atoms with Crippen LogP contribution in [0.15, 0.2) is 78.9 Å². The van der Waals surface area contributed by atoms with Gasteiger partial charge in [0.05, 0.1) is 42.8 Å². The first kappa shape index (κ1) is 44.6. The molecule has 5 N–H and O–H groups in total. The van der Waals surface area contributed by atoms with E-state index in [2.05, 4.69) is 36.4 Å². The third-order valence-corrected chi connectivity index (χ3v) is 12.0. The molecule has 0 saturated carbocycles. The predicted molar refractivity (Wildman–Crippen MR) is 238 cm³/mol. The number of hydrogen-bond donors (Lipinski definition) is 5. The number of carbonyl (C=O) groups is 5. The quantitative estimate of drug-likeness (QED) is 0.0657. The Morgan fingerprint density at radius 1 is 0.723 bits per heavy atom. The molecule has 1 aromatic heterocycles. The molecule has 3 saturated heterocycles. The summed E-state index contributed by atoms with van der Waals surface area (Å²) < 4.78 is 47.8. The van der Waals surface area contributed by atoms with Crippen molar-refractivity contribution >= 4 is 63.3 Å². The maximum atomic E-state index is 14.5. The zero-order chi connectivity index (χ0) is 45.5. The number of nitrogens with one attached hydrogen (secondary N) is 5. The first-order valence-electron chi connectivity index (χ1n) is 21.8. The number of anilines is 4. The Morgan fingerprint density at radius 3 is 2.11 bits per heavy atom. The number of piperazine rings is 1. The molecule has 0 bridgehead atoms. The summed E-state index contributed by atoms with van der Waals surface area (Å²) >= 11 is 0. The minimum absolute atomic E-state index is 0.00427. The molecule has 3 aliphatic heterocycles. The average molecular weight is 894 g/mol. The largest absolute Gasteiger partial charge is 0.381 e. The number of fused-ring (bicyclic) bond motifs is 1. The van der Waals surface area contributed by atoms with Gasteiger partial charge in [-0.1, -0.05) is 6.07 Å². The van der Waals surface area contributed by atoms with Crippen LogP contribution in [0.2, 0.25) is 0 Å². The second-order valence-corrected chi connectivity index (χ2v) is 16.5. The Hall–Kier alpha value is -6.95. The van der Waals surface area contributed by atoms with E-state index < -0.39 is 29.4 Å². The van der Waals surface area contributed by atoms with E-state index in [0.717, 1.165) is 23.0 Å². The summed E-state index contributed by atoms with van der Waals surface area (Å²) in [6, 6.07) is 19.7. The van der Waals surface area contributed by atoms with Crippen molar-refractivity contribution in [3.05, 3.63) is 113 Å². The summed E-state index contributed by atoms with van der Waals surface area (Å²) in [5.41, 5.74) is 4.16. The molecule has 4 heterocycles. The Bertz CT molecular complexity index is 2540. The summed E-state index contributed by atoms with van der Waals surface area (Å²) in [7, 11) is 0. The lowest BCUT2D eigenvalue weighted by Crippen LogP contribution is -2.49. The van der Waals surface area contributed by atoms with E-state index in [1.165, 1.54) is 30.3 Å². The van der Waals surface area contributed by atoms with Crippen LogP contribution in [0, 0.1) is 17.5 Å². The first-order valence-corrected chi connectivity index (χ1v) is 21.8. The SMILES string of the molecule is O=C1CCC(Nc2ccc(N3CCN(C(=O)CCOCCC(=O)N4CCC(Nc5cc(F)ccc5C(=O)Nc5n[nH]c6ccc(Cc7cc(F)cc(F)c7)cc56)CC4)CC3)cc2)C(=O)N1. The smallest absolute Gasteiger partial charge is 0.258 e. The molecule has 65 heavy (non-hydrogen) atoms. The van der Waals surface area contributed by atoms with E-state index in [1.54, 1.807) is 23.1 Å². The molecule has 1 atom stereocenters. The fourth-order valence-corrected chi connectivity index (χ4v) is 8.47. The third-order valence-electron chi connectivity index (χ3n) is 12.0. The normalized spacial score (nSPS) is 17.0. The summed E-state index contributed by atoms with van der Waals surface area (Å²) in [4.78, 5) is 68.8. The minimum atomic E-state index is -0.668. The number of ether oxygens (including phenoxy) is 1. The monoisotopic (exact) mass is 893 g/mol. The van der Waals surface area contributed by atoms with Gasteiger partial charge in [0.25, 0.3) is 5.91 Å². The van der Waals surface area contributed by atoms with Crippen molar-refractivity contribution in [2.24, 2.45) is 0 Å². The van der Waals surface area contributed by atoms with Crippen LogP contribution in [0.5, 0.6) is 0 Å². The Morgan fingerprint density at radius 2 is 1.42 bits per heavy atom. The highest BCUT2D eigenvalue weighted by Gasteiger charge is 2.28. The molecule has 0 spiro atoms. The lowest BCUT2D eigenvalue weighted by Gasteiger charge is -2.36. The maximum Gasteiger partial charge on any atom is 0.258 e. The van der Waals surface area contributed by atoms with Gasteiger partial charge in [-0.3, -0.25) is 34.4 Å². The van der Waals surface area contributed by atoms with E-state index in [9.17, 15) is 37.1 Å². The van der Waals surface area contributed by atoms with Crippen LogP contribution in [0.4, 0.5) is 36.1 Å². The Labute approximate surface area is 373 Å². The van der Waals surface area contributed by atoms with Crippen LogP contribution in [0.25, 0.3) is 10.9 Å². The molecule has 4 aromatic carbocycles. The van der Waals surface area contributed by atoms with Crippen LogP contribution in [0.3, 0.4) is 0 Å². The second kappa shape index (κ2) is 20.3. The van der Waals surface area contributed by atoms with E-state index in [0.29, 0.717) is 87.1 Å². The maximum absolute atomic E-state index is 14.5. The van der Waals surface area contributed by atoms with E-state index in [4.69, 9.17) is 4.74 Å². The number of aromatic amines is 1. The number of carbonyl (C=O) groups excluding carboxylic acids is 5. The van der Waals surface area contributed by atoms with Crippen molar-refractivity contribution in [3.63, 3.8) is 0 Å². The average Bonchev–Trinajstić information content (AvgIpc) is 3.68. The number of nitrogens with zero attached hydrogens (tertiary/aromatic N) is 4. The molecule has 5 amide bonds. The molecule has 15 nitrogen and oxygen atoms in total. The number of rotatable bonds is 15. The molecule has 0 aliphatic carbocycles. The Balaban J connectivity index is 0.735. The van der Waals surface area contributed by atoms with Crippen molar-refractivity contribution in [2.45, 2.75) is 57.0 Å². The molecular weight excluding hydrogens is 844 g/mol. The highest BCUT2D eigenvalue weighted by molar-refractivity contribution is 6.10. The van der Waals surface area contributed by atoms with Gasteiger partial charge in [0.2, 0.25) is 23.6 Å². The fraction of sp³-hybridized carbons (Fsp3) is 0.362. The van der Waals surface area contributed by atoms with Crippen LogP contribution in [-0.2, 0) is 30.3 Å². The number of H-pyrrole nitrogens is 1. The Kier molecular flexibility index (Phi) is 13.9. The molecule has 3 aliphatic rings. The lowest BCUT2D eigenvalue weighted by molar-refractivity contribution is -0.135. The van der Waals surface area contributed by atoms with Crippen molar-refractivity contribution in [2.75, 3.05) is 73.3 Å². The molecule has 5 aromatic rings. The van der Waals surface area contributed by atoms with Crippen molar-refractivity contribution < 1.29 is 41.9 Å². The van der Waals surface area contributed by atoms with Gasteiger partial charge in [0, 0.05) is 74.6 Å². The molecule has 340 valence electrons. The first-order chi connectivity index (χ1) is 31.4. The number of imide groups is 1.